The van der Waals surface area contributed by atoms with Crippen molar-refractivity contribution in [1.82, 2.24) is 4.90 Å². The molecule has 0 aromatic carbocycles. The number of hydrogen-bond donors (Lipinski definition) is 1. The summed E-state index contributed by atoms with van der Waals surface area (Å²) in [6, 6.07) is 0.611. The van der Waals surface area contributed by atoms with Gasteiger partial charge < -0.3 is 19.5 Å². The maximum atomic E-state index is 12.8. The van der Waals surface area contributed by atoms with Gasteiger partial charge in [-0.1, -0.05) is 142 Å². The van der Waals surface area contributed by atoms with Gasteiger partial charge in [-0.25, -0.2) is 0 Å². The van der Waals surface area contributed by atoms with E-state index in [-0.39, 0.29) is 30.8 Å². The number of aliphatic hydroxyl groups excluding tert-OH is 1. The van der Waals surface area contributed by atoms with Crippen LogP contribution in [0.2, 0.25) is 0 Å². The maximum Gasteiger partial charge on any atom is 0.306 e. The molecule has 0 bridgehead atoms. The summed E-state index contributed by atoms with van der Waals surface area (Å²) >= 11 is 3.99. The zero-order valence-electron chi connectivity index (χ0n) is 38.5. The van der Waals surface area contributed by atoms with Crippen molar-refractivity contribution in [1.29, 1.82) is 0 Å². The van der Waals surface area contributed by atoms with Crippen LogP contribution < -0.4 is 0 Å². The molecule has 58 heavy (non-hydrogen) atoms. The molecule has 2 aliphatic carbocycles. The Balaban J connectivity index is 1.67. The molecule has 2 unspecified atom stereocenters. The zero-order chi connectivity index (χ0) is 41.7. The number of carbonyl (C=O) groups is 2. The quantitative estimate of drug-likeness (QED) is 0.0484. The maximum absolute atomic E-state index is 12.8. The summed E-state index contributed by atoms with van der Waals surface area (Å²) in [7, 11) is 2.29. The molecule has 0 radical (unpaired) electrons. The monoisotopic (exact) mass is 854 g/mol. The van der Waals surface area contributed by atoms with E-state index in [9.17, 15) is 14.7 Å². The van der Waals surface area contributed by atoms with Crippen LogP contribution in [-0.4, -0.2) is 83.4 Å². The molecule has 1 N–H and O–H groups in total. The van der Waals surface area contributed by atoms with Gasteiger partial charge in [-0.15, -0.1) is 0 Å². The van der Waals surface area contributed by atoms with E-state index in [1.54, 1.807) is 0 Å². The Morgan fingerprint density at radius 1 is 0.569 bits per heavy atom. The van der Waals surface area contributed by atoms with Crippen molar-refractivity contribution in [2.75, 3.05) is 43.2 Å². The van der Waals surface area contributed by atoms with Crippen LogP contribution >= 0.6 is 23.5 Å². The van der Waals surface area contributed by atoms with Gasteiger partial charge in [0.05, 0.1) is 0 Å². The molecule has 0 spiro atoms. The zero-order valence-corrected chi connectivity index (χ0v) is 40.1. The first-order chi connectivity index (χ1) is 28.4. The molecule has 0 aliphatic heterocycles. The molecule has 0 aromatic heterocycles. The van der Waals surface area contributed by atoms with Crippen molar-refractivity contribution < 1.29 is 24.2 Å². The molecule has 2 fully saturated rings. The summed E-state index contributed by atoms with van der Waals surface area (Å²) in [6.07, 6.45) is 40.5. The lowest BCUT2D eigenvalue weighted by atomic mass is 9.86. The molecule has 2 atom stereocenters. The number of thioether (sulfide) groups is 2. The SMILES string of the molecule is CCCCCCC(CSCCCCCC(CCCCCSCC(CCCCCC)OC(=O)CCC1CCCCC1)N(C)CCCCO)OC(=O)CCC1CCCCC1. The summed E-state index contributed by atoms with van der Waals surface area (Å²) in [5.74, 6) is 5.74. The summed E-state index contributed by atoms with van der Waals surface area (Å²) in [5, 5.41) is 9.36. The van der Waals surface area contributed by atoms with E-state index in [2.05, 4.69) is 25.8 Å². The molecule has 2 rings (SSSR count). The van der Waals surface area contributed by atoms with Crippen molar-refractivity contribution in [3.05, 3.63) is 0 Å². The second kappa shape index (κ2) is 38.3. The number of unbranched alkanes of at least 4 members (excludes halogenated alkanes) is 11. The van der Waals surface area contributed by atoms with E-state index in [0.717, 1.165) is 92.8 Å². The molecule has 8 heteroatoms. The van der Waals surface area contributed by atoms with Gasteiger partial charge in [-0.05, 0) is 114 Å². The summed E-state index contributed by atoms with van der Waals surface area (Å²) in [6.45, 7) is 5.86. The Bertz CT molecular complexity index is 877. The highest BCUT2D eigenvalue weighted by Gasteiger charge is 2.21. The number of hydrogen-bond acceptors (Lipinski definition) is 8. The van der Waals surface area contributed by atoms with Gasteiger partial charge in [0.25, 0.3) is 0 Å². The average molecular weight is 854 g/mol. The molecule has 0 heterocycles. The van der Waals surface area contributed by atoms with Crippen LogP contribution in [0.25, 0.3) is 0 Å². The Hall–Kier alpha value is -0.440. The van der Waals surface area contributed by atoms with E-state index in [1.165, 1.54) is 154 Å². The lowest BCUT2D eigenvalue weighted by molar-refractivity contribution is -0.149. The molecule has 0 amide bonds. The smallest absolute Gasteiger partial charge is 0.306 e. The molecule has 6 nitrogen and oxygen atoms in total. The highest BCUT2D eigenvalue weighted by Crippen LogP contribution is 2.29. The van der Waals surface area contributed by atoms with Crippen molar-refractivity contribution in [2.45, 2.75) is 250 Å². The van der Waals surface area contributed by atoms with Gasteiger partial charge in [0, 0.05) is 37.0 Å². The third kappa shape index (κ3) is 29.8. The summed E-state index contributed by atoms with van der Waals surface area (Å²) in [5.41, 5.74) is 0. The molecule has 0 saturated heterocycles. The predicted octanol–water partition coefficient (Wildman–Crippen LogP) is 14.1. The minimum atomic E-state index is 0.0408. The Kier molecular flexibility index (Phi) is 35.4. The molecule has 2 saturated carbocycles. The van der Waals surface area contributed by atoms with E-state index in [4.69, 9.17) is 9.47 Å². The topological polar surface area (TPSA) is 76.1 Å². The Labute approximate surface area is 368 Å². The van der Waals surface area contributed by atoms with Gasteiger partial charge in [0.15, 0.2) is 0 Å². The van der Waals surface area contributed by atoms with Gasteiger partial charge in [-0.2, -0.15) is 23.5 Å². The first-order valence-corrected chi connectivity index (χ1v) is 27.6. The van der Waals surface area contributed by atoms with Crippen molar-refractivity contribution in [2.24, 2.45) is 11.8 Å². The molecule has 342 valence electrons. The lowest BCUT2D eigenvalue weighted by Crippen LogP contribution is -2.32. The molecular formula is C50H95NO5S2. The first-order valence-electron chi connectivity index (χ1n) is 25.3. The fraction of sp³-hybridized carbons (Fsp3) is 0.960. The fourth-order valence-electron chi connectivity index (χ4n) is 9.23. The largest absolute Gasteiger partial charge is 0.461 e. The van der Waals surface area contributed by atoms with Crippen LogP contribution in [0.3, 0.4) is 0 Å². The first kappa shape index (κ1) is 53.7. The summed E-state index contributed by atoms with van der Waals surface area (Å²) < 4.78 is 12.2. The van der Waals surface area contributed by atoms with Crippen LogP contribution in [0.15, 0.2) is 0 Å². The fourth-order valence-corrected chi connectivity index (χ4v) is 11.4. The van der Waals surface area contributed by atoms with Crippen LogP contribution in [-0.2, 0) is 19.1 Å². The average Bonchev–Trinajstić information content (AvgIpc) is 3.24. The normalized spacial score (nSPS) is 17.1. The molecular weight excluding hydrogens is 759 g/mol. The Morgan fingerprint density at radius 3 is 1.43 bits per heavy atom. The van der Waals surface area contributed by atoms with E-state index in [1.807, 2.05) is 23.5 Å². The molecule has 0 aromatic rings. The highest BCUT2D eigenvalue weighted by atomic mass is 32.2. The van der Waals surface area contributed by atoms with Crippen LogP contribution in [0.1, 0.15) is 232 Å². The minimum absolute atomic E-state index is 0.0408. The van der Waals surface area contributed by atoms with Crippen LogP contribution in [0.5, 0.6) is 0 Å². The number of rotatable bonds is 39. The van der Waals surface area contributed by atoms with Crippen LogP contribution in [0.4, 0.5) is 0 Å². The Morgan fingerprint density at radius 2 is 1.00 bits per heavy atom. The van der Waals surface area contributed by atoms with Gasteiger partial charge in [-0.3, -0.25) is 9.59 Å². The number of nitrogens with zero attached hydrogens (tertiary/aromatic N) is 1. The van der Waals surface area contributed by atoms with Gasteiger partial charge in [0.1, 0.15) is 12.2 Å². The number of ether oxygens (including phenoxy) is 2. The number of aliphatic hydroxyl groups is 1. The lowest BCUT2D eigenvalue weighted by Gasteiger charge is -2.28. The van der Waals surface area contributed by atoms with Crippen LogP contribution in [0, 0.1) is 11.8 Å². The minimum Gasteiger partial charge on any atom is -0.461 e. The summed E-state index contributed by atoms with van der Waals surface area (Å²) in [4.78, 5) is 28.2. The highest BCUT2D eigenvalue weighted by molar-refractivity contribution is 7.99. The van der Waals surface area contributed by atoms with Crippen molar-refractivity contribution >= 4 is 35.5 Å². The number of carbonyl (C=O) groups excluding carboxylic acids is 2. The van der Waals surface area contributed by atoms with E-state index >= 15 is 0 Å². The van der Waals surface area contributed by atoms with E-state index < -0.39 is 0 Å². The molecule has 2 aliphatic rings. The predicted molar refractivity (Wildman–Crippen MR) is 253 cm³/mol. The number of esters is 2. The van der Waals surface area contributed by atoms with Crippen molar-refractivity contribution in [3.63, 3.8) is 0 Å². The van der Waals surface area contributed by atoms with Gasteiger partial charge in [0.2, 0.25) is 0 Å². The third-order valence-corrected chi connectivity index (χ3v) is 15.5. The van der Waals surface area contributed by atoms with Crippen molar-refractivity contribution in [3.8, 4) is 0 Å². The second-order valence-electron chi connectivity index (χ2n) is 18.4. The van der Waals surface area contributed by atoms with Gasteiger partial charge >= 0.3 is 11.9 Å². The standard InChI is InChI=1S/C50H95NO5S2/c1-4-6-8-20-32-47(55-49(53)36-34-44-26-14-10-15-27-44)42-57-40-24-12-18-30-46(51(3)38-22-23-39-52)31-19-13-25-41-58-43-48(33-21-9-7-5-2)56-50(54)37-35-45-28-16-11-17-29-45/h44-48,52H,4-43H2,1-3H3. The second-order valence-corrected chi connectivity index (χ2v) is 20.7. The van der Waals surface area contributed by atoms with E-state index in [0.29, 0.717) is 18.9 Å². The third-order valence-electron chi connectivity index (χ3n) is 13.1.